The summed E-state index contributed by atoms with van der Waals surface area (Å²) in [5.41, 5.74) is 3.73. The monoisotopic (exact) mass is 432 g/mol. The third-order valence-electron chi connectivity index (χ3n) is 5.32. The van der Waals surface area contributed by atoms with E-state index in [-0.39, 0.29) is 17.9 Å². The Kier molecular flexibility index (Phi) is 6.35. The van der Waals surface area contributed by atoms with Gasteiger partial charge in [0, 0.05) is 25.3 Å². The largest absolute Gasteiger partial charge is 0.324 e. The number of nitrogens with zero attached hydrogens (tertiary/aromatic N) is 2. The van der Waals surface area contributed by atoms with Gasteiger partial charge in [-0.2, -0.15) is 0 Å². The van der Waals surface area contributed by atoms with Gasteiger partial charge < -0.3 is 15.5 Å². The van der Waals surface area contributed by atoms with Crippen molar-refractivity contribution in [1.29, 1.82) is 0 Å². The molecule has 0 unspecified atom stereocenters. The van der Waals surface area contributed by atoms with Gasteiger partial charge in [0.15, 0.2) is 0 Å². The second-order valence-corrected chi connectivity index (χ2v) is 7.80. The van der Waals surface area contributed by atoms with Crippen molar-refractivity contribution in [3.05, 3.63) is 89.7 Å². The summed E-state index contributed by atoms with van der Waals surface area (Å²) in [5, 5.41) is 5.69. The Labute approximate surface area is 186 Å². The Morgan fingerprint density at radius 3 is 2.47 bits per heavy atom. The first kappa shape index (κ1) is 21.4. The van der Waals surface area contributed by atoms with Gasteiger partial charge in [-0.25, -0.2) is 14.0 Å². The number of urea groups is 2. The fourth-order valence-electron chi connectivity index (χ4n) is 3.75. The minimum atomic E-state index is -0.379. The molecule has 164 valence electrons. The van der Waals surface area contributed by atoms with Gasteiger partial charge in [0.1, 0.15) is 5.82 Å². The standard InChI is InChI=1S/C25H25FN4O2/c1-18-8-13-23(22(16-18)28-24(31)27-21-6-3-2-4-7-21)30-15-5-14-29(25(30)32)17-19-9-11-20(26)12-10-19/h2-4,6-13,16H,5,14-15,17H2,1H3,(H2,27,28,31). The number of carbonyl (C=O) groups excluding carboxylic acids is 2. The number of hydrogen-bond acceptors (Lipinski definition) is 2. The zero-order chi connectivity index (χ0) is 22.5. The van der Waals surface area contributed by atoms with Gasteiger partial charge in [-0.3, -0.25) is 4.90 Å². The Bertz CT molecular complexity index is 1100. The third kappa shape index (κ3) is 5.06. The van der Waals surface area contributed by atoms with E-state index in [1.165, 1.54) is 12.1 Å². The van der Waals surface area contributed by atoms with E-state index in [4.69, 9.17) is 0 Å². The highest BCUT2D eigenvalue weighted by Crippen LogP contribution is 2.30. The highest BCUT2D eigenvalue weighted by Gasteiger charge is 2.28. The molecule has 0 aromatic heterocycles. The zero-order valence-corrected chi connectivity index (χ0v) is 17.8. The molecule has 0 bridgehead atoms. The number of halogens is 1. The van der Waals surface area contributed by atoms with E-state index in [1.54, 1.807) is 34.1 Å². The highest BCUT2D eigenvalue weighted by atomic mass is 19.1. The molecule has 0 saturated carbocycles. The molecule has 4 amide bonds. The van der Waals surface area contributed by atoms with E-state index in [0.29, 0.717) is 36.7 Å². The highest BCUT2D eigenvalue weighted by molar-refractivity contribution is 6.04. The maximum atomic E-state index is 13.3. The maximum Gasteiger partial charge on any atom is 0.324 e. The lowest BCUT2D eigenvalue weighted by Gasteiger charge is -2.36. The normalized spacial score (nSPS) is 13.8. The maximum absolute atomic E-state index is 13.3. The lowest BCUT2D eigenvalue weighted by atomic mass is 10.1. The summed E-state index contributed by atoms with van der Waals surface area (Å²) < 4.78 is 13.2. The molecule has 1 heterocycles. The fraction of sp³-hybridized carbons (Fsp3) is 0.200. The molecule has 32 heavy (non-hydrogen) atoms. The molecule has 2 N–H and O–H groups in total. The number of amides is 4. The Morgan fingerprint density at radius 2 is 1.72 bits per heavy atom. The van der Waals surface area contributed by atoms with Crippen LogP contribution in [0.4, 0.5) is 31.0 Å². The summed E-state index contributed by atoms with van der Waals surface area (Å²) >= 11 is 0. The van der Waals surface area contributed by atoms with Crippen LogP contribution in [0.3, 0.4) is 0 Å². The average molecular weight is 432 g/mol. The third-order valence-corrected chi connectivity index (χ3v) is 5.32. The van der Waals surface area contributed by atoms with Crippen molar-refractivity contribution < 1.29 is 14.0 Å². The van der Waals surface area contributed by atoms with Crippen LogP contribution in [-0.2, 0) is 6.54 Å². The van der Waals surface area contributed by atoms with Crippen molar-refractivity contribution in [1.82, 2.24) is 4.90 Å². The van der Waals surface area contributed by atoms with Gasteiger partial charge in [0.2, 0.25) is 0 Å². The number of rotatable bonds is 5. The average Bonchev–Trinajstić information content (AvgIpc) is 2.78. The van der Waals surface area contributed by atoms with Crippen molar-refractivity contribution in [2.24, 2.45) is 0 Å². The summed E-state index contributed by atoms with van der Waals surface area (Å²) in [6.07, 6.45) is 0.788. The van der Waals surface area contributed by atoms with Crippen molar-refractivity contribution >= 4 is 29.1 Å². The quantitative estimate of drug-likeness (QED) is 0.550. The smallest absolute Gasteiger partial charge is 0.320 e. The van der Waals surface area contributed by atoms with Crippen LogP contribution in [0.25, 0.3) is 0 Å². The van der Waals surface area contributed by atoms with Crippen LogP contribution in [0.1, 0.15) is 17.5 Å². The van der Waals surface area contributed by atoms with Gasteiger partial charge in [0.05, 0.1) is 11.4 Å². The summed E-state index contributed by atoms with van der Waals surface area (Å²) in [6.45, 7) is 3.51. The molecule has 1 fully saturated rings. The number of benzene rings is 3. The fourth-order valence-corrected chi connectivity index (χ4v) is 3.75. The van der Waals surface area contributed by atoms with Gasteiger partial charge >= 0.3 is 12.1 Å². The molecule has 0 aliphatic carbocycles. The molecule has 6 nitrogen and oxygen atoms in total. The predicted molar refractivity (Wildman–Crippen MR) is 124 cm³/mol. The Balaban J connectivity index is 1.52. The first-order valence-corrected chi connectivity index (χ1v) is 10.5. The van der Waals surface area contributed by atoms with E-state index in [2.05, 4.69) is 10.6 Å². The first-order valence-electron chi connectivity index (χ1n) is 10.5. The number of aryl methyl sites for hydroxylation is 1. The van der Waals surface area contributed by atoms with Crippen molar-refractivity contribution in [3.63, 3.8) is 0 Å². The molecule has 0 atom stereocenters. The van der Waals surface area contributed by atoms with Crippen molar-refractivity contribution in [2.75, 3.05) is 28.6 Å². The summed E-state index contributed by atoms with van der Waals surface area (Å²) in [5.74, 6) is -0.301. The number of para-hydroxylation sites is 1. The molecule has 3 aromatic carbocycles. The molecule has 3 aromatic rings. The number of anilines is 3. The lowest BCUT2D eigenvalue weighted by Crippen LogP contribution is -2.49. The van der Waals surface area contributed by atoms with Crippen LogP contribution in [0.15, 0.2) is 72.8 Å². The van der Waals surface area contributed by atoms with Crippen LogP contribution < -0.4 is 15.5 Å². The van der Waals surface area contributed by atoms with Crippen LogP contribution in [0.5, 0.6) is 0 Å². The SMILES string of the molecule is Cc1ccc(N2CCCN(Cc3ccc(F)cc3)C2=O)c(NC(=O)Nc2ccccc2)c1. The molecule has 1 aliphatic heterocycles. The van der Waals surface area contributed by atoms with E-state index in [0.717, 1.165) is 17.5 Å². The van der Waals surface area contributed by atoms with E-state index in [9.17, 15) is 14.0 Å². The second kappa shape index (κ2) is 9.51. The summed E-state index contributed by atoms with van der Waals surface area (Å²) in [4.78, 5) is 29.3. The molecule has 7 heteroatoms. The zero-order valence-electron chi connectivity index (χ0n) is 17.8. The molecule has 1 aliphatic rings. The Hall–Kier alpha value is -3.87. The molecule has 4 rings (SSSR count). The van der Waals surface area contributed by atoms with Crippen molar-refractivity contribution in [3.8, 4) is 0 Å². The van der Waals surface area contributed by atoms with Gasteiger partial charge in [-0.1, -0.05) is 36.4 Å². The lowest BCUT2D eigenvalue weighted by molar-refractivity contribution is 0.192. The summed E-state index contributed by atoms with van der Waals surface area (Å²) in [6, 6.07) is 20.4. The van der Waals surface area contributed by atoms with Gasteiger partial charge in [0.25, 0.3) is 0 Å². The van der Waals surface area contributed by atoms with E-state index < -0.39 is 0 Å². The molecule has 1 saturated heterocycles. The van der Waals surface area contributed by atoms with E-state index in [1.807, 2.05) is 43.3 Å². The second-order valence-electron chi connectivity index (χ2n) is 7.80. The molecule has 0 radical (unpaired) electrons. The number of hydrogen-bond donors (Lipinski definition) is 2. The van der Waals surface area contributed by atoms with Crippen LogP contribution in [-0.4, -0.2) is 30.1 Å². The van der Waals surface area contributed by atoms with Gasteiger partial charge in [-0.15, -0.1) is 0 Å². The molecular weight excluding hydrogens is 407 g/mol. The predicted octanol–water partition coefficient (Wildman–Crippen LogP) is 5.61. The topological polar surface area (TPSA) is 64.7 Å². The summed E-state index contributed by atoms with van der Waals surface area (Å²) in [7, 11) is 0. The minimum Gasteiger partial charge on any atom is -0.320 e. The van der Waals surface area contributed by atoms with Crippen molar-refractivity contribution in [2.45, 2.75) is 19.9 Å². The Morgan fingerprint density at radius 1 is 0.969 bits per heavy atom. The first-order chi connectivity index (χ1) is 15.5. The minimum absolute atomic E-state index is 0.143. The van der Waals surface area contributed by atoms with E-state index >= 15 is 0 Å². The van der Waals surface area contributed by atoms with Crippen LogP contribution in [0.2, 0.25) is 0 Å². The number of carbonyl (C=O) groups is 2. The van der Waals surface area contributed by atoms with Gasteiger partial charge in [-0.05, 0) is 60.9 Å². The van der Waals surface area contributed by atoms with Crippen LogP contribution >= 0.6 is 0 Å². The number of nitrogens with one attached hydrogen (secondary N) is 2. The molecule has 0 spiro atoms. The van der Waals surface area contributed by atoms with Crippen LogP contribution in [0, 0.1) is 12.7 Å². The molecular formula is C25H25FN4O2.